The molecular weight excluding hydrogens is 372 g/mol. The van der Waals surface area contributed by atoms with Gasteiger partial charge in [-0.1, -0.05) is 23.4 Å². The molecule has 1 unspecified atom stereocenters. The highest BCUT2D eigenvalue weighted by molar-refractivity contribution is 5.92. The highest BCUT2D eigenvalue weighted by Gasteiger charge is 2.29. The summed E-state index contributed by atoms with van der Waals surface area (Å²) in [6.45, 7) is 2.74. The number of aliphatic hydroxyl groups is 1. The van der Waals surface area contributed by atoms with Crippen LogP contribution in [-0.2, 0) is 11.2 Å². The molecule has 1 N–H and O–H groups in total. The van der Waals surface area contributed by atoms with Crippen molar-refractivity contribution in [2.75, 3.05) is 26.2 Å². The van der Waals surface area contributed by atoms with Gasteiger partial charge in [0, 0.05) is 43.3 Å². The molecule has 29 heavy (non-hydrogen) atoms. The Balaban J connectivity index is 1.44. The Kier molecular flexibility index (Phi) is 5.26. The minimum Gasteiger partial charge on any atom is -0.389 e. The third kappa shape index (κ3) is 4.12. The van der Waals surface area contributed by atoms with Crippen molar-refractivity contribution >= 4 is 22.7 Å². The number of nitrogens with zero attached hydrogens (tertiary/aromatic N) is 4. The van der Waals surface area contributed by atoms with Crippen LogP contribution < -0.4 is 0 Å². The summed E-state index contributed by atoms with van der Waals surface area (Å²) in [5.74, 6) is -0.251. The molecule has 1 aromatic carbocycles. The van der Waals surface area contributed by atoms with E-state index in [9.17, 15) is 14.7 Å². The molecule has 1 fully saturated rings. The molecule has 0 spiro atoms. The zero-order valence-electron chi connectivity index (χ0n) is 16.1. The molecule has 150 valence electrons. The number of aliphatic hydroxyl groups excluding tert-OH is 1. The second kappa shape index (κ2) is 8.00. The molecule has 0 aliphatic carbocycles. The number of benzene rings is 1. The highest BCUT2D eigenvalue weighted by atomic mass is 16.5. The number of hydrogen-bond acceptors (Lipinski definition) is 6. The van der Waals surface area contributed by atoms with E-state index in [0.29, 0.717) is 18.7 Å². The number of carbonyl (C=O) groups is 2. The molecule has 1 aliphatic heterocycles. The molecule has 1 saturated heterocycles. The van der Waals surface area contributed by atoms with Gasteiger partial charge in [-0.15, -0.1) is 0 Å². The van der Waals surface area contributed by atoms with Crippen molar-refractivity contribution in [1.29, 1.82) is 0 Å². The molecule has 1 atom stereocenters. The molecular formula is C21H22N4O4. The van der Waals surface area contributed by atoms with Gasteiger partial charge in [-0.25, -0.2) is 0 Å². The summed E-state index contributed by atoms with van der Waals surface area (Å²) in [5.41, 5.74) is 2.35. The van der Waals surface area contributed by atoms with Crippen molar-refractivity contribution in [1.82, 2.24) is 19.9 Å². The second-order valence-electron chi connectivity index (χ2n) is 7.29. The van der Waals surface area contributed by atoms with E-state index >= 15 is 0 Å². The summed E-state index contributed by atoms with van der Waals surface area (Å²) in [6, 6.07) is 9.62. The number of β-amino-alcohol motifs (C(OH)–C–C–N with tert-alkyl or cyclic N) is 1. The molecule has 1 aliphatic rings. The van der Waals surface area contributed by atoms with Crippen LogP contribution in [0.1, 0.15) is 21.7 Å². The zero-order valence-corrected chi connectivity index (χ0v) is 16.1. The number of amides is 2. The summed E-state index contributed by atoms with van der Waals surface area (Å²) < 4.78 is 5.03. The van der Waals surface area contributed by atoms with Crippen LogP contribution in [0.25, 0.3) is 10.9 Å². The Bertz CT molecular complexity index is 1050. The van der Waals surface area contributed by atoms with Gasteiger partial charge < -0.3 is 19.4 Å². The van der Waals surface area contributed by atoms with Crippen molar-refractivity contribution in [3.05, 3.63) is 59.6 Å². The third-order valence-electron chi connectivity index (χ3n) is 5.11. The normalized spacial score (nSPS) is 17.4. The molecule has 0 bridgehead atoms. The smallest absolute Gasteiger partial charge is 0.292 e. The Hall–Kier alpha value is -3.26. The summed E-state index contributed by atoms with van der Waals surface area (Å²) in [5, 5.41) is 15.0. The quantitative estimate of drug-likeness (QED) is 0.721. The van der Waals surface area contributed by atoms with Crippen LogP contribution in [0.2, 0.25) is 0 Å². The first kappa shape index (κ1) is 19.1. The summed E-state index contributed by atoms with van der Waals surface area (Å²) in [7, 11) is 0. The standard InChI is InChI=1S/C21H22N4O4/c1-14-11-23-29-20(14)21(28)25-8-7-24(12-17(26)13-25)19(27)10-15-4-5-16-3-2-6-22-18(16)9-15/h2-6,9,11,17,26H,7-8,10,12-13H2,1H3. The molecule has 0 radical (unpaired) electrons. The molecule has 0 saturated carbocycles. The van der Waals surface area contributed by atoms with E-state index in [0.717, 1.165) is 16.5 Å². The largest absolute Gasteiger partial charge is 0.389 e. The van der Waals surface area contributed by atoms with Crippen molar-refractivity contribution in [3.8, 4) is 0 Å². The van der Waals surface area contributed by atoms with Gasteiger partial charge in [0.25, 0.3) is 5.91 Å². The number of aryl methyl sites for hydroxylation is 1. The van der Waals surface area contributed by atoms with Crippen LogP contribution in [0, 0.1) is 6.92 Å². The molecule has 2 aromatic heterocycles. The van der Waals surface area contributed by atoms with Crippen LogP contribution in [-0.4, -0.2) is 69.1 Å². The Morgan fingerprint density at radius 3 is 2.79 bits per heavy atom. The maximum atomic E-state index is 12.8. The topological polar surface area (TPSA) is 99.8 Å². The average Bonchev–Trinajstić information content (AvgIpc) is 3.04. The van der Waals surface area contributed by atoms with Gasteiger partial charge in [0.05, 0.1) is 24.2 Å². The minimum atomic E-state index is -0.827. The SMILES string of the molecule is Cc1cnoc1C(=O)N1CCN(C(=O)Cc2ccc3cccnc3c2)CC(O)C1. The highest BCUT2D eigenvalue weighted by Crippen LogP contribution is 2.16. The van der Waals surface area contributed by atoms with Gasteiger partial charge in [-0.2, -0.15) is 0 Å². The zero-order chi connectivity index (χ0) is 20.4. The lowest BCUT2D eigenvalue weighted by Crippen LogP contribution is -2.38. The first-order chi connectivity index (χ1) is 14.0. The number of carbonyl (C=O) groups excluding carboxylic acids is 2. The lowest BCUT2D eigenvalue weighted by Gasteiger charge is -2.21. The van der Waals surface area contributed by atoms with Crippen LogP contribution in [0.5, 0.6) is 0 Å². The van der Waals surface area contributed by atoms with Crippen LogP contribution in [0.4, 0.5) is 0 Å². The maximum Gasteiger partial charge on any atom is 0.292 e. The van der Waals surface area contributed by atoms with Crippen molar-refractivity contribution in [2.45, 2.75) is 19.4 Å². The number of pyridine rings is 1. The fraction of sp³-hybridized carbons (Fsp3) is 0.333. The average molecular weight is 394 g/mol. The first-order valence-corrected chi connectivity index (χ1v) is 9.51. The lowest BCUT2D eigenvalue weighted by molar-refractivity contribution is -0.131. The van der Waals surface area contributed by atoms with E-state index in [1.807, 2.05) is 30.3 Å². The number of hydrogen-bond donors (Lipinski definition) is 1. The molecule has 4 rings (SSSR count). The van der Waals surface area contributed by atoms with E-state index in [2.05, 4.69) is 10.1 Å². The van der Waals surface area contributed by atoms with Crippen LogP contribution in [0.3, 0.4) is 0 Å². The Morgan fingerprint density at radius 1 is 1.21 bits per heavy atom. The minimum absolute atomic E-state index is 0.0931. The Labute approximate surface area is 167 Å². The van der Waals surface area contributed by atoms with Gasteiger partial charge in [0.1, 0.15) is 0 Å². The summed E-state index contributed by atoms with van der Waals surface area (Å²) in [4.78, 5) is 32.9. The fourth-order valence-electron chi connectivity index (χ4n) is 3.55. The summed E-state index contributed by atoms with van der Waals surface area (Å²) >= 11 is 0. The molecule has 8 nitrogen and oxygen atoms in total. The van der Waals surface area contributed by atoms with Gasteiger partial charge in [-0.05, 0) is 24.6 Å². The fourth-order valence-corrected chi connectivity index (χ4v) is 3.55. The first-order valence-electron chi connectivity index (χ1n) is 9.51. The van der Waals surface area contributed by atoms with Gasteiger partial charge in [0.15, 0.2) is 0 Å². The monoisotopic (exact) mass is 394 g/mol. The van der Waals surface area contributed by atoms with Gasteiger partial charge in [-0.3, -0.25) is 14.6 Å². The molecule has 2 amide bonds. The predicted octanol–water partition coefficient (Wildman–Crippen LogP) is 1.42. The molecule has 3 heterocycles. The second-order valence-corrected chi connectivity index (χ2v) is 7.29. The van der Waals surface area contributed by atoms with E-state index < -0.39 is 6.10 Å². The van der Waals surface area contributed by atoms with E-state index in [4.69, 9.17) is 4.52 Å². The van der Waals surface area contributed by atoms with Gasteiger partial charge >= 0.3 is 0 Å². The van der Waals surface area contributed by atoms with Crippen LogP contribution in [0.15, 0.2) is 47.2 Å². The Morgan fingerprint density at radius 2 is 2.00 bits per heavy atom. The molecule has 8 heteroatoms. The lowest BCUT2D eigenvalue weighted by atomic mass is 10.1. The van der Waals surface area contributed by atoms with Crippen molar-refractivity contribution in [3.63, 3.8) is 0 Å². The van der Waals surface area contributed by atoms with E-state index in [-0.39, 0.29) is 37.1 Å². The van der Waals surface area contributed by atoms with E-state index in [1.165, 1.54) is 11.1 Å². The number of aromatic nitrogens is 2. The van der Waals surface area contributed by atoms with Crippen molar-refractivity contribution in [2.24, 2.45) is 0 Å². The van der Waals surface area contributed by atoms with Gasteiger partial charge in [0.2, 0.25) is 11.7 Å². The number of rotatable bonds is 3. The summed E-state index contributed by atoms with van der Waals surface area (Å²) in [6.07, 6.45) is 2.59. The maximum absolute atomic E-state index is 12.8. The number of fused-ring (bicyclic) bond motifs is 1. The predicted molar refractivity (Wildman–Crippen MR) is 105 cm³/mol. The van der Waals surface area contributed by atoms with E-state index in [1.54, 1.807) is 18.0 Å². The molecule has 3 aromatic rings. The van der Waals surface area contributed by atoms with Crippen LogP contribution >= 0.6 is 0 Å². The van der Waals surface area contributed by atoms with Crippen molar-refractivity contribution < 1.29 is 19.2 Å². The third-order valence-corrected chi connectivity index (χ3v) is 5.11.